The van der Waals surface area contributed by atoms with Crippen LogP contribution >= 0.6 is 11.6 Å². The van der Waals surface area contributed by atoms with Crippen molar-refractivity contribution in [2.24, 2.45) is 16.8 Å². The van der Waals surface area contributed by atoms with Gasteiger partial charge in [0.15, 0.2) is 5.84 Å². The molecule has 2 rings (SSSR count). The highest BCUT2D eigenvalue weighted by molar-refractivity contribution is 6.34. The highest BCUT2D eigenvalue weighted by atomic mass is 35.5. The van der Waals surface area contributed by atoms with Crippen LogP contribution in [0.2, 0.25) is 5.02 Å². The fourth-order valence-corrected chi connectivity index (χ4v) is 2.63. The Hall–Kier alpha value is -1.42. The number of rotatable bonds is 3. The van der Waals surface area contributed by atoms with Crippen LogP contribution < -0.4 is 10.6 Å². The van der Waals surface area contributed by atoms with E-state index in [0.29, 0.717) is 10.6 Å². The van der Waals surface area contributed by atoms with Crippen molar-refractivity contribution < 1.29 is 5.21 Å². The van der Waals surface area contributed by atoms with Gasteiger partial charge >= 0.3 is 0 Å². The summed E-state index contributed by atoms with van der Waals surface area (Å²) in [7, 11) is 0. The molecule has 1 unspecified atom stereocenters. The lowest BCUT2D eigenvalue weighted by Crippen LogP contribution is -2.20. The van der Waals surface area contributed by atoms with Crippen LogP contribution in [0, 0.1) is 5.92 Å². The summed E-state index contributed by atoms with van der Waals surface area (Å²) >= 11 is 6.15. The lowest BCUT2D eigenvalue weighted by atomic mass is 10.1. The van der Waals surface area contributed by atoms with Gasteiger partial charge in [-0.3, -0.25) is 0 Å². The van der Waals surface area contributed by atoms with E-state index in [0.717, 1.165) is 24.7 Å². The minimum Gasteiger partial charge on any atom is -0.409 e. The molecule has 0 aromatic heterocycles. The molecule has 0 amide bonds. The molecule has 1 aromatic rings. The molecule has 0 saturated carbocycles. The maximum absolute atomic E-state index is 8.65. The smallest absolute Gasteiger partial charge is 0.171 e. The fraction of sp³-hybridized carbons (Fsp3) is 0.462. The lowest BCUT2D eigenvalue weighted by Gasteiger charge is -2.19. The van der Waals surface area contributed by atoms with Gasteiger partial charge in [-0.05, 0) is 30.5 Å². The number of benzene rings is 1. The molecule has 1 aliphatic heterocycles. The van der Waals surface area contributed by atoms with Crippen molar-refractivity contribution in [1.82, 2.24) is 0 Å². The molecule has 0 aliphatic carbocycles. The standard InChI is InChI=1S/C13H18ClN3O/c1-2-9-5-6-17(8-9)10-3-4-11(12(14)7-10)13(15)16-18/h3-4,7,9,18H,2,5-6,8H2,1H3,(H2,15,16). The first-order chi connectivity index (χ1) is 8.65. The number of hydrogen-bond acceptors (Lipinski definition) is 3. The van der Waals surface area contributed by atoms with Crippen molar-refractivity contribution in [1.29, 1.82) is 0 Å². The molecule has 18 heavy (non-hydrogen) atoms. The van der Waals surface area contributed by atoms with Gasteiger partial charge in [-0.2, -0.15) is 0 Å². The second kappa shape index (κ2) is 5.48. The summed E-state index contributed by atoms with van der Waals surface area (Å²) in [6.45, 7) is 4.37. The molecule has 1 fully saturated rings. The van der Waals surface area contributed by atoms with Crippen molar-refractivity contribution in [3.8, 4) is 0 Å². The van der Waals surface area contributed by atoms with Gasteiger partial charge < -0.3 is 15.8 Å². The molecule has 1 heterocycles. The van der Waals surface area contributed by atoms with E-state index in [1.54, 1.807) is 6.07 Å². The molecule has 1 aliphatic rings. The van der Waals surface area contributed by atoms with Gasteiger partial charge in [-0.15, -0.1) is 0 Å². The van der Waals surface area contributed by atoms with E-state index < -0.39 is 0 Å². The molecule has 0 radical (unpaired) electrons. The van der Waals surface area contributed by atoms with Gasteiger partial charge in [0.25, 0.3) is 0 Å². The Balaban J connectivity index is 2.19. The largest absolute Gasteiger partial charge is 0.409 e. The third-order valence-electron chi connectivity index (χ3n) is 3.56. The second-order valence-electron chi connectivity index (χ2n) is 4.66. The van der Waals surface area contributed by atoms with Crippen molar-refractivity contribution in [2.75, 3.05) is 18.0 Å². The average Bonchev–Trinajstić information content (AvgIpc) is 2.86. The van der Waals surface area contributed by atoms with Crippen LogP contribution in [-0.2, 0) is 0 Å². The number of nitrogens with zero attached hydrogens (tertiary/aromatic N) is 2. The van der Waals surface area contributed by atoms with Gasteiger partial charge in [-0.25, -0.2) is 0 Å². The van der Waals surface area contributed by atoms with E-state index in [1.165, 1.54) is 12.8 Å². The molecular weight excluding hydrogens is 250 g/mol. The number of oxime groups is 1. The minimum absolute atomic E-state index is 0.0411. The Bertz CT molecular complexity index is 462. The van der Waals surface area contributed by atoms with E-state index in [2.05, 4.69) is 17.0 Å². The highest BCUT2D eigenvalue weighted by Crippen LogP contribution is 2.29. The predicted octanol–water partition coefficient (Wildman–Crippen LogP) is 2.67. The first kappa shape index (κ1) is 13.0. The van der Waals surface area contributed by atoms with Crippen LogP contribution in [0.4, 0.5) is 5.69 Å². The minimum atomic E-state index is 0.0411. The maximum Gasteiger partial charge on any atom is 0.171 e. The quantitative estimate of drug-likeness (QED) is 0.383. The normalized spacial score (nSPS) is 20.4. The Kier molecular flexibility index (Phi) is 3.97. The summed E-state index contributed by atoms with van der Waals surface area (Å²) < 4.78 is 0. The van der Waals surface area contributed by atoms with Crippen LogP contribution in [0.1, 0.15) is 25.3 Å². The van der Waals surface area contributed by atoms with Crippen molar-refractivity contribution in [3.05, 3.63) is 28.8 Å². The van der Waals surface area contributed by atoms with Crippen LogP contribution in [0.3, 0.4) is 0 Å². The van der Waals surface area contributed by atoms with E-state index >= 15 is 0 Å². The number of nitrogens with two attached hydrogens (primary N) is 1. The molecular formula is C13H18ClN3O. The summed E-state index contributed by atoms with van der Waals surface area (Å²) in [6, 6.07) is 5.65. The zero-order valence-corrected chi connectivity index (χ0v) is 11.2. The number of halogens is 1. The number of hydrogen-bond donors (Lipinski definition) is 2. The Labute approximate surface area is 112 Å². The zero-order valence-electron chi connectivity index (χ0n) is 10.4. The van der Waals surface area contributed by atoms with Gasteiger partial charge in [0.05, 0.1) is 5.02 Å². The van der Waals surface area contributed by atoms with Crippen LogP contribution in [0.5, 0.6) is 0 Å². The first-order valence-corrected chi connectivity index (χ1v) is 6.56. The van der Waals surface area contributed by atoms with Crippen LogP contribution in [0.25, 0.3) is 0 Å². The molecule has 0 spiro atoms. The van der Waals surface area contributed by atoms with Crippen LogP contribution in [0.15, 0.2) is 23.4 Å². The SMILES string of the molecule is CCC1CCN(c2ccc(/C(N)=N/O)c(Cl)c2)C1. The molecule has 5 heteroatoms. The molecule has 0 bridgehead atoms. The van der Waals surface area contributed by atoms with E-state index in [1.807, 2.05) is 12.1 Å². The van der Waals surface area contributed by atoms with E-state index in [-0.39, 0.29) is 5.84 Å². The second-order valence-corrected chi connectivity index (χ2v) is 5.07. The van der Waals surface area contributed by atoms with Gasteiger partial charge in [0.1, 0.15) is 0 Å². The van der Waals surface area contributed by atoms with Gasteiger partial charge in [0, 0.05) is 24.3 Å². The maximum atomic E-state index is 8.65. The number of anilines is 1. The van der Waals surface area contributed by atoms with E-state index in [4.69, 9.17) is 22.5 Å². The predicted molar refractivity (Wildman–Crippen MR) is 74.6 cm³/mol. The monoisotopic (exact) mass is 267 g/mol. The average molecular weight is 268 g/mol. The Morgan fingerprint density at radius 1 is 1.61 bits per heavy atom. The summed E-state index contributed by atoms with van der Waals surface area (Å²) in [4.78, 5) is 2.33. The Morgan fingerprint density at radius 2 is 2.39 bits per heavy atom. The van der Waals surface area contributed by atoms with E-state index in [9.17, 15) is 0 Å². The molecule has 3 N–H and O–H groups in total. The summed E-state index contributed by atoms with van der Waals surface area (Å²) in [5.41, 5.74) is 7.21. The third kappa shape index (κ3) is 2.53. The van der Waals surface area contributed by atoms with Crippen molar-refractivity contribution in [3.63, 3.8) is 0 Å². The summed E-state index contributed by atoms with van der Waals surface area (Å²) in [5, 5.41) is 12.1. The Morgan fingerprint density at radius 3 is 2.94 bits per heavy atom. The summed E-state index contributed by atoms with van der Waals surface area (Å²) in [5.74, 6) is 0.812. The zero-order chi connectivity index (χ0) is 13.1. The molecule has 1 saturated heterocycles. The van der Waals surface area contributed by atoms with Crippen LogP contribution in [-0.4, -0.2) is 24.1 Å². The fourth-order valence-electron chi connectivity index (χ4n) is 2.36. The lowest BCUT2D eigenvalue weighted by molar-refractivity contribution is 0.318. The molecule has 1 atom stereocenters. The van der Waals surface area contributed by atoms with Gasteiger partial charge in [0.2, 0.25) is 0 Å². The first-order valence-electron chi connectivity index (χ1n) is 6.18. The topological polar surface area (TPSA) is 61.8 Å². The number of amidine groups is 1. The molecule has 1 aromatic carbocycles. The van der Waals surface area contributed by atoms with Crippen molar-refractivity contribution >= 4 is 23.1 Å². The molecule has 98 valence electrons. The highest BCUT2D eigenvalue weighted by Gasteiger charge is 2.21. The van der Waals surface area contributed by atoms with Crippen molar-refractivity contribution in [2.45, 2.75) is 19.8 Å². The third-order valence-corrected chi connectivity index (χ3v) is 3.88. The summed E-state index contributed by atoms with van der Waals surface area (Å²) in [6.07, 6.45) is 2.45. The molecule has 4 nitrogen and oxygen atoms in total. The van der Waals surface area contributed by atoms with Gasteiger partial charge in [-0.1, -0.05) is 30.1 Å².